The number of piperidine rings is 1. The topological polar surface area (TPSA) is 92.5 Å². The summed E-state index contributed by atoms with van der Waals surface area (Å²) in [6.45, 7) is 1.07. The number of nitrogens with one attached hydrogen (secondary N) is 1. The van der Waals surface area contributed by atoms with Gasteiger partial charge in [0.15, 0.2) is 5.78 Å². The van der Waals surface area contributed by atoms with Crippen molar-refractivity contribution >= 4 is 23.4 Å². The Kier molecular flexibility index (Phi) is 5.31. The number of primary amides is 1. The van der Waals surface area contributed by atoms with Gasteiger partial charge in [0.25, 0.3) is 0 Å². The molecule has 1 aliphatic heterocycles. The lowest BCUT2D eigenvalue weighted by Gasteiger charge is -2.31. The Morgan fingerprint density at radius 3 is 2.08 bits per heavy atom. The number of carbonyl (C=O) groups is 3. The van der Waals surface area contributed by atoms with Crippen LogP contribution in [-0.2, 0) is 0 Å². The molecule has 2 aromatic carbocycles. The molecular formula is C20H21N3O3. The molecule has 0 spiro atoms. The smallest absolute Gasteiger partial charge is 0.321 e. The zero-order valence-corrected chi connectivity index (χ0v) is 14.4. The molecule has 3 amide bonds. The fraction of sp³-hybridized carbons (Fsp3) is 0.250. The molecule has 0 atom stereocenters. The third kappa shape index (κ3) is 4.08. The summed E-state index contributed by atoms with van der Waals surface area (Å²) >= 11 is 0. The maximum atomic E-state index is 12.5. The van der Waals surface area contributed by atoms with Crippen LogP contribution in [0.15, 0.2) is 54.6 Å². The summed E-state index contributed by atoms with van der Waals surface area (Å²) < 4.78 is 0. The van der Waals surface area contributed by atoms with Crippen molar-refractivity contribution in [3.8, 4) is 0 Å². The van der Waals surface area contributed by atoms with Gasteiger partial charge in [-0.25, -0.2) is 4.79 Å². The molecule has 0 bridgehead atoms. The van der Waals surface area contributed by atoms with Crippen LogP contribution >= 0.6 is 0 Å². The number of urea groups is 1. The number of benzene rings is 2. The lowest BCUT2D eigenvalue weighted by molar-refractivity contribution is 0.0859. The molecule has 3 N–H and O–H groups in total. The van der Waals surface area contributed by atoms with E-state index in [1.165, 1.54) is 0 Å². The lowest BCUT2D eigenvalue weighted by atomic mass is 9.89. The highest BCUT2D eigenvalue weighted by molar-refractivity contribution is 5.98. The van der Waals surface area contributed by atoms with E-state index in [9.17, 15) is 14.4 Å². The molecule has 0 unspecified atom stereocenters. The first kappa shape index (κ1) is 17.7. The van der Waals surface area contributed by atoms with Crippen molar-refractivity contribution in [3.63, 3.8) is 0 Å². The Hall–Kier alpha value is -3.15. The van der Waals surface area contributed by atoms with Crippen LogP contribution in [0.3, 0.4) is 0 Å². The number of hydrogen-bond donors (Lipinski definition) is 2. The van der Waals surface area contributed by atoms with Gasteiger partial charge in [0.05, 0.1) is 0 Å². The van der Waals surface area contributed by atoms with Crippen LogP contribution in [0.2, 0.25) is 0 Å². The second kappa shape index (κ2) is 7.82. The predicted octanol–water partition coefficient (Wildman–Crippen LogP) is 2.91. The lowest BCUT2D eigenvalue weighted by Crippen LogP contribution is -2.42. The minimum atomic E-state index is -0.506. The number of nitrogens with zero attached hydrogens (tertiary/aromatic N) is 1. The number of hydrogen-bond acceptors (Lipinski definition) is 3. The van der Waals surface area contributed by atoms with Gasteiger partial charge < -0.3 is 16.0 Å². The van der Waals surface area contributed by atoms with Gasteiger partial charge in [0.1, 0.15) is 0 Å². The summed E-state index contributed by atoms with van der Waals surface area (Å²) in [4.78, 5) is 37.6. The number of anilines is 1. The molecule has 26 heavy (non-hydrogen) atoms. The fourth-order valence-electron chi connectivity index (χ4n) is 3.10. The highest BCUT2D eigenvalue weighted by atomic mass is 16.2. The average molecular weight is 351 g/mol. The Balaban J connectivity index is 1.53. The van der Waals surface area contributed by atoms with E-state index < -0.39 is 5.91 Å². The molecule has 1 heterocycles. The number of likely N-dealkylation sites (tertiary alicyclic amines) is 1. The number of ketones is 1. The number of amides is 3. The Morgan fingerprint density at radius 1 is 0.885 bits per heavy atom. The monoisotopic (exact) mass is 351 g/mol. The van der Waals surface area contributed by atoms with Gasteiger partial charge in [-0.1, -0.05) is 30.3 Å². The van der Waals surface area contributed by atoms with Crippen molar-refractivity contribution in [2.24, 2.45) is 11.7 Å². The average Bonchev–Trinajstić information content (AvgIpc) is 2.68. The summed E-state index contributed by atoms with van der Waals surface area (Å²) in [5.74, 6) is -0.406. The maximum absolute atomic E-state index is 12.5. The van der Waals surface area contributed by atoms with E-state index in [0.29, 0.717) is 37.2 Å². The van der Waals surface area contributed by atoms with Crippen molar-refractivity contribution in [2.75, 3.05) is 18.4 Å². The minimum Gasteiger partial charge on any atom is -0.366 e. The van der Waals surface area contributed by atoms with E-state index >= 15 is 0 Å². The number of nitrogens with two attached hydrogens (primary N) is 1. The van der Waals surface area contributed by atoms with E-state index in [1.807, 2.05) is 30.3 Å². The normalized spacial score (nSPS) is 14.7. The van der Waals surface area contributed by atoms with E-state index in [1.54, 1.807) is 29.2 Å². The fourth-order valence-corrected chi connectivity index (χ4v) is 3.10. The summed E-state index contributed by atoms with van der Waals surface area (Å²) in [5.41, 5.74) is 6.92. The van der Waals surface area contributed by atoms with Gasteiger partial charge in [-0.15, -0.1) is 0 Å². The van der Waals surface area contributed by atoms with Crippen molar-refractivity contribution in [2.45, 2.75) is 12.8 Å². The van der Waals surface area contributed by atoms with E-state index in [0.717, 1.165) is 5.56 Å². The first-order chi connectivity index (χ1) is 12.5. The van der Waals surface area contributed by atoms with Gasteiger partial charge >= 0.3 is 6.03 Å². The second-order valence-corrected chi connectivity index (χ2v) is 6.36. The van der Waals surface area contributed by atoms with Crippen LogP contribution in [0, 0.1) is 5.92 Å². The summed E-state index contributed by atoms with van der Waals surface area (Å²) in [5, 5.41) is 2.80. The molecule has 0 radical (unpaired) electrons. The SMILES string of the molecule is NC(=O)c1ccc(NC(=O)N2CCC(C(=O)c3ccccc3)CC2)cc1. The quantitative estimate of drug-likeness (QED) is 0.830. The third-order valence-corrected chi connectivity index (χ3v) is 4.63. The summed E-state index contributed by atoms with van der Waals surface area (Å²) in [7, 11) is 0. The Bertz CT molecular complexity index is 795. The van der Waals surface area contributed by atoms with E-state index in [4.69, 9.17) is 5.73 Å². The first-order valence-electron chi connectivity index (χ1n) is 8.59. The van der Waals surface area contributed by atoms with Crippen molar-refractivity contribution in [3.05, 3.63) is 65.7 Å². The molecule has 0 saturated carbocycles. The zero-order valence-electron chi connectivity index (χ0n) is 14.4. The Morgan fingerprint density at radius 2 is 1.50 bits per heavy atom. The molecule has 1 fully saturated rings. The largest absolute Gasteiger partial charge is 0.366 e. The summed E-state index contributed by atoms with van der Waals surface area (Å²) in [6.07, 6.45) is 1.31. The first-order valence-corrected chi connectivity index (χ1v) is 8.59. The van der Waals surface area contributed by atoms with Crippen molar-refractivity contribution in [1.29, 1.82) is 0 Å². The van der Waals surface area contributed by atoms with E-state index in [-0.39, 0.29) is 17.7 Å². The molecular weight excluding hydrogens is 330 g/mol. The van der Waals surface area contributed by atoms with Crippen LogP contribution in [0.5, 0.6) is 0 Å². The van der Waals surface area contributed by atoms with Crippen molar-refractivity contribution < 1.29 is 14.4 Å². The highest BCUT2D eigenvalue weighted by Crippen LogP contribution is 2.22. The van der Waals surface area contributed by atoms with Crippen molar-refractivity contribution in [1.82, 2.24) is 4.90 Å². The molecule has 6 nitrogen and oxygen atoms in total. The van der Waals surface area contributed by atoms with Gasteiger partial charge in [0.2, 0.25) is 5.91 Å². The van der Waals surface area contributed by atoms with E-state index in [2.05, 4.69) is 5.32 Å². The Labute approximate surface area is 152 Å². The highest BCUT2D eigenvalue weighted by Gasteiger charge is 2.27. The minimum absolute atomic E-state index is 0.0451. The molecule has 0 aromatic heterocycles. The molecule has 134 valence electrons. The number of rotatable bonds is 4. The van der Waals surface area contributed by atoms with Gasteiger partial charge in [-0.05, 0) is 37.1 Å². The van der Waals surface area contributed by atoms with Crippen LogP contribution in [0.25, 0.3) is 0 Å². The third-order valence-electron chi connectivity index (χ3n) is 4.63. The predicted molar refractivity (Wildman–Crippen MR) is 99.0 cm³/mol. The standard InChI is InChI=1S/C20H21N3O3/c21-19(25)16-6-8-17(9-7-16)22-20(26)23-12-10-15(11-13-23)18(24)14-4-2-1-3-5-14/h1-9,15H,10-13H2,(H2,21,25)(H,22,26). The molecule has 6 heteroatoms. The van der Waals surface area contributed by atoms with Crippen LogP contribution in [0.4, 0.5) is 10.5 Å². The van der Waals surface area contributed by atoms with Crippen LogP contribution < -0.4 is 11.1 Å². The van der Waals surface area contributed by atoms with Crippen LogP contribution in [-0.4, -0.2) is 35.7 Å². The molecule has 1 saturated heterocycles. The number of Topliss-reactive ketones (excluding diaryl/α,β-unsaturated/α-hetero) is 1. The van der Waals surface area contributed by atoms with Gasteiger partial charge in [0, 0.05) is 35.8 Å². The molecule has 3 rings (SSSR count). The van der Waals surface area contributed by atoms with Gasteiger partial charge in [-0.2, -0.15) is 0 Å². The molecule has 0 aliphatic carbocycles. The summed E-state index contributed by atoms with van der Waals surface area (Å²) in [6, 6.07) is 15.5. The molecule has 2 aromatic rings. The number of carbonyl (C=O) groups excluding carboxylic acids is 3. The van der Waals surface area contributed by atoms with Crippen LogP contribution in [0.1, 0.15) is 33.6 Å². The van der Waals surface area contributed by atoms with Gasteiger partial charge in [-0.3, -0.25) is 9.59 Å². The molecule has 1 aliphatic rings. The second-order valence-electron chi connectivity index (χ2n) is 6.36. The zero-order chi connectivity index (χ0) is 18.5. The maximum Gasteiger partial charge on any atom is 0.321 e.